The van der Waals surface area contributed by atoms with Gasteiger partial charge in [-0.3, -0.25) is 9.50 Å². The van der Waals surface area contributed by atoms with E-state index in [4.69, 9.17) is 34.8 Å². The van der Waals surface area contributed by atoms with Crippen LogP contribution in [0.3, 0.4) is 0 Å². The number of hydrogen-bond acceptors (Lipinski definition) is 1. The predicted molar refractivity (Wildman–Crippen MR) is 33.5 cm³/mol. The molecule has 0 rings (SSSR count). The fraction of sp³-hybridized carbons (Fsp3) is 0.667. The van der Waals surface area contributed by atoms with Crippen LogP contribution in [0.2, 0.25) is 0 Å². The summed E-state index contributed by atoms with van der Waals surface area (Å²) in [4.78, 5) is 10.1. The summed E-state index contributed by atoms with van der Waals surface area (Å²) in [6.07, 6.45) is 0. The third-order valence-corrected chi connectivity index (χ3v) is 1.20. The minimum atomic E-state index is -1.72. The lowest BCUT2D eigenvalue weighted by Crippen LogP contribution is -2.13. The molecule has 0 bridgehead atoms. The van der Waals surface area contributed by atoms with Crippen LogP contribution in [0.1, 0.15) is 6.92 Å². The minimum absolute atomic E-state index is 0. The van der Waals surface area contributed by atoms with Crippen LogP contribution in [0.4, 0.5) is 4.70 Å². The van der Waals surface area contributed by atoms with Crippen LogP contribution in [0, 0.1) is 0 Å². The highest BCUT2D eigenvalue weighted by atomic mass is 35.6. The van der Waals surface area contributed by atoms with E-state index in [0.717, 1.165) is 0 Å². The molecule has 0 radical (unpaired) electrons. The first-order valence-corrected chi connectivity index (χ1v) is 2.65. The Kier molecular flexibility index (Phi) is 4.92. The van der Waals surface area contributed by atoms with Crippen LogP contribution in [0.25, 0.3) is 0 Å². The summed E-state index contributed by atoms with van der Waals surface area (Å²) in [5.74, 6) is -0.461. The average Bonchev–Trinajstić information content (AvgIpc) is 1.31. The zero-order valence-electron chi connectivity index (χ0n) is 3.95. The molecule has 5 heteroatoms. The van der Waals surface area contributed by atoms with Crippen molar-refractivity contribution in [3.63, 3.8) is 0 Å². The third-order valence-electron chi connectivity index (χ3n) is 0.399. The van der Waals surface area contributed by atoms with E-state index >= 15 is 0 Å². The van der Waals surface area contributed by atoms with Gasteiger partial charge < -0.3 is 0 Å². The van der Waals surface area contributed by atoms with E-state index < -0.39 is 9.58 Å². The largest absolute Gasteiger partial charge is 0.295 e. The lowest BCUT2D eigenvalue weighted by Gasteiger charge is -2.01. The summed E-state index contributed by atoms with van der Waals surface area (Å²) in [6, 6.07) is 0. The van der Waals surface area contributed by atoms with E-state index in [9.17, 15) is 4.79 Å². The zero-order valence-corrected chi connectivity index (χ0v) is 6.22. The molecule has 0 aromatic heterocycles. The Morgan fingerprint density at radius 3 is 1.50 bits per heavy atom. The van der Waals surface area contributed by atoms with Gasteiger partial charge in [0.2, 0.25) is 3.79 Å². The van der Waals surface area contributed by atoms with Crippen LogP contribution in [0.5, 0.6) is 0 Å². The van der Waals surface area contributed by atoms with Gasteiger partial charge in [0.15, 0.2) is 5.78 Å². The van der Waals surface area contributed by atoms with Crippen molar-refractivity contribution in [2.45, 2.75) is 10.7 Å². The number of halogens is 4. The number of ketones is 1. The first-order chi connectivity index (χ1) is 2.94. The molecule has 50 valence electrons. The molecule has 0 aliphatic carbocycles. The molecule has 0 aliphatic rings. The van der Waals surface area contributed by atoms with Gasteiger partial charge in [0.1, 0.15) is 0 Å². The second-order valence-corrected chi connectivity index (χ2v) is 3.34. The van der Waals surface area contributed by atoms with Gasteiger partial charge in [-0.25, -0.2) is 0 Å². The molecule has 0 aromatic carbocycles. The molecule has 0 aliphatic heterocycles. The molecule has 0 fully saturated rings. The van der Waals surface area contributed by atoms with Crippen LogP contribution in [-0.4, -0.2) is 9.58 Å². The maximum Gasteiger partial charge on any atom is 0.248 e. The number of carbonyl (C=O) groups is 1. The minimum Gasteiger partial charge on any atom is -0.295 e. The maximum atomic E-state index is 10.1. The van der Waals surface area contributed by atoms with Crippen LogP contribution >= 0.6 is 34.8 Å². The highest BCUT2D eigenvalue weighted by Gasteiger charge is 2.25. The van der Waals surface area contributed by atoms with E-state index in [0.29, 0.717) is 0 Å². The zero-order chi connectivity index (χ0) is 6.08. The van der Waals surface area contributed by atoms with E-state index in [2.05, 4.69) is 0 Å². The Morgan fingerprint density at radius 1 is 1.38 bits per heavy atom. The number of carbonyl (C=O) groups excluding carboxylic acids is 1. The van der Waals surface area contributed by atoms with Crippen molar-refractivity contribution in [3.8, 4) is 0 Å². The molecule has 0 aromatic rings. The molecule has 0 saturated carbocycles. The summed E-state index contributed by atoms with van der Waals surface area (Å²) in [5, 5.41) is 0. The highest BCUT2D eigenvalue weighted by Crippen LogP contribution is 2.26. The van der Waals surface area contributed by atoms with E-state index in [1.807, 2.05) is 0 Å². The summed E-state index contributed by atoms with van der Waals surface area (Å²) in [5.41, 5.74) is 0. The molecule has 0 heterocycles. The van der Waals surface area contributed by atoms with Crippen molar-refractivity contribution >= 4 is 40.6 Å². The van der Waals surface area contributed by atoms with Crippen LogP contribution in [0.15, 0.2) is 0 Å². The molecule has 1 nitrogen and oxygen atoms in total. The van der Waals surface area contributed by atoms with Gasteiger partial charge in [-0.1, -0.05) is 34.8 Å². The monoisotopic (exact) mass is 180 g/mol. The lowest BCUT2D eigenvalue weighted by atomic mass is 10.5. The topological polar surface area (TPSA) is 17.1 Å². The molecule has 0 saturated heterocycles. The highest BCUT2D eigenvalue weighted by molar-refractivity contribution is 6.76. The van der Waals surface area contributed by atoms with Gasteiger partial charge in [0.05, 0.1) is 0 Å². The Hall–Kier alpha value is 0.470. The number of alkyl halides is 3. The number of Topliss-reactive ketones (excluding diaryl/α,β-unsaturated/α-hetero) is 1. The Balaban J connectivity index is 0. The number of hydrogen-bond donors (Lipinski definition) is 0. The molecule has 0 atom stereocenters. The molecule has 0 amide bonds. The molecule has 0 spiro atoms. The van der Waals surface area contributed by atoms with E-state index in [-0.39, 0.29) is 4.70 Å². The van der Waals surface area contributed by atoms with Crippen LogP contribution in [-0.2, 0) is 4.79 Å². The second-order valence-electron chi connectivity index (χ2n) is 1.05. The predicted octanol–water partition coefficient (Wildman–Crippen LogP) is 2.10. The van der Waals surface area contributed by atoms with Gasteiger partial charge in [-0.15, -0.1) is 0 Å². The normalized spacial score (nSPS) is 10.0. The quantitative estimate of drug-likeness (QED) is 0.523. The Labute approximate surface area is 61.3 Å². The van der Waals surface area contributed by atoms with Crippen LogP contribution < -0.4 is 0 Å². The first kappa shape index (κ1) is 11.3. The standard InChI is InChI=1S/C3H3Cl3O.FH/c1-2(7)3(4,5)6;/h1H3;1H. The summed E-state index contributed by atoms with van der Waals surface area (Å²) in [6.45, 7) is 1.22. The van der Waals surface area contributed by atoms with Gasteiger partial charge in [0.25, 0.3) is 0 Å². The summed E-state index contributed by atoms with van der Waals surface area (Å²) in [7, 11) is 0. The maximum absolute atomic E-state index is 10.1. The second kappa shape index (κ2) is 3.49. The Morgan fingerprint density at radius 2 is 1.50 bits per heavy atom. The molecular weight excluding hydrogens is 177 g/mol. The average molecular weight is 181 g/mol. The van der Waals surface area contributed by atoms with Gasteiger partial charge in [-0.2, -0.15) is 0 Å². The molecular formula is C3H4Cl3FO. The van der Waals surface area contributed by atoms with E-state index in [1.165, 1.54) is 6.92 Å². The van der Waals surface area contributed by atoms with Crippen molar-refractivity contribution < 1.29 is 9.50 Å². The summed E-state index contributed by atoms with van der Waals surface area (Å²) >= 11 is 15.1. The molecule has 0 unspecified atom stereocenters. The number of rotatable bonds is 0. The van der Waals surface area contributed by atoms with E-state index in [1.54, 1.807) is 0 Å². The summed E-state index contributed by atoms with van der Waals surface area (Å²) < 4.78 is -1.72. The SMILES string of the molecule is CC(=O)C(Cl)(Cl)Cl.F. The lowest BCUT2D eigenvalue weighted by molar-refractivity contribution is -0.116. The van der Waals surface area contributed by atoms with Crippen molar-refractivity contribution in [1.82, 2.24) is 0 Å². The smallest absolute Gasteiger partial charge is 0.248 e. The van der Waals surface area contributed by atoms with Crippen molar-refractivity contribution in [3.05, 3.63) is 0 Å². The van der Waals surface area contributed by atoms with Crippen molar-refractivity contribution in [2.24, 2.45) is 0 Å². The van der Waals surface area contributed by atoms with Gasteiger partial charge >= 0.3 is 0 Å². The molecule has 8 heavy (non-hydrogen) atoms. The Bertz CT molecular complexity index is 87.0. The molecule has 0 N–H and O–H groups in total. The fourth-order valence-electron chi connectivity index (χ4n) is 0. The van der Waals surface area contributed by atoms with Crippen molar-refractivity contribution in [2.75, 3.05) is 0 Å². The van der Waals surface area contributed by atoms with Crippen molar-refractivity contribution in [1.29, 1.82) is 0 Å². The third kappa shape index (κ3) is 4.62. The fourth-order valence-corrected chi connectivity index (χ4v) is 0. The van der Waals surface area contributed by atoms with Gasteiger partial charge in [0, 0.05) is 0 Å². The first-order valence-electron chi connectivity index (χ1n) is 1.52. The van der Waals surface area contributed by atoms with Gasteiger partial charge in [-0.05, 0) is 6.92 Å².